The summed E-state index contributed by atoms with van der Waals surface area (Å²) in [5, 5.41) is 8.91. The number of rotatable bonds is 10. The number of fused-ring (bicyclic) bond motifs is 2. The molecule has 5 atom stereocenters. The van der Waals surface area contributed by atoms with Gasteiger partial charge in [0.1, 0.15) is 6.23 Å². The van der Waals surface area contributed by atoms with Crippen LogP contribution in [0.2, 0.25) is 0 Å². The molecule has 178 valence electrons. The highest BCUT2D eigenvalue weighted by Crippen LogP contribution is 2.57. The Kier molecular flexibility index (Phi) is 7.95. The molecule has 32 heavy (non-hydrogen) atoms. The van der Waals surface area contributed by atoms with Gasteiger partial charge in [0, 0.05) is 29.8 Å². The van der Waals surface area contributed by atoms with Crippen molar-refractivity contribution < 1.29 is 13.8 Å². The Labute approximate surface area is 190 Å². The van der Waals surface area contributed by atoms with Gasteiger partial charge < -0.3 is 13.8 Å². The van der Waals surface area contributed by atoms with E-state index in [2.05, 4.69) is 50.3 Å². The number of nitrogens with one attached hydrogen (secondary N) is 1. The Bertz CT molecular complexity index is 947. The maximum atomic E-state index is 12.4. The lowest BCUT2D eigenvalue weighted by Gasteiger charge is -2.40. The summed E-state index contributed by atoms with van der Waals surface area (Å²) >= 11 is 0. The minimum absolute atomic E-state index is 0.175. The predicted octanol–water partition coefficient (Wildman–Crippen LogP) is 3.45. The van der Waals surface area contributed by atoms with E-state index >= 15 is 0 Å². The zero-order valence-corrected chi connectivity index (χ0v) is 20.7. The first-order valence-corrected chi connectivity index (χ1v) is 12.4. The normalized spacial score (nSPS) is 28.1. The van der Waals surface area contributed by atoms with Crippen molar-refractivity contribution >= 4 is 8.53 Å². The molecule has 0 amide bonds. The van der Waals surface area contributed by atoms with Gasteiger partial charge in [-0.25, -0.2) is 9.46 Å². The van der Waals surface area contributed by atoms with Crippen LogP contribution in [0.3, 0.4) is 0 Å². The third-order valence-corrected chi connectivity index (χ3v) is 8.48. The molecule has 0 spiro atoms. The molecule has 1 aromatic rings. The van der Waals surface area contributed by atoms with Crippen LogP contribution in [0.5, 0.6) is 0 Å². The average Bonchev–Trinajstić information content (AvgIpc) is 3.22. The lowest BCUT2D eigenvalue weighted by atomic mass is 9.93. The third kappa shape index (κ3) is 5.00. The van der Waals surface area contributed by atoms with Gasteiger partial charge in [0.05, 0.1) is 31.3 Å². The number of nitrogens with zero attached hydrogens (tertiary/aromatic N) is 3. The molecule has 1 aliphatic heterocycles. The van der Waals surface area contributed by atoms with E-state index < -0.39 is 26.0 Å². The Balaban J connectivity index is 1.79. The molecule has 1 aliphatic carbocycles. The van der Waals surface area contributed by atoms with E-state index in [1.807, 2.05) is 0 Å². The van der Waals surface area contributed by atoms with Crippen molar-refractivity contribution in [2.45, 2.75) is 84.7 Å². The van der Waals surface area contributed by atoms with Crippen LogP contribution >= 0.6 is 8.53 Å². The van der Waals surface area contributed by atoms with Gasteiger partial charge in [0.25, 0.3) is 14.1 Å². The monoisotopic (exact) mass is 466 g/mol. The molecule has 2 fully saturated rings. The number of aryl methyl sites for hydroxylation is 1. The van der Waals surface area contributed by atoms with Crippen LogP contribution in [0, 0.1) is 30.1 Å². The lowest BCUT2D eigenvalue weighted by molar-refractivity contribution is -0.149. The summed E-state index contributed by atoms with van der Waals surface area (Å²) in [6, 6.07) is 2.55. The van der Waals surface area contributed by atoms with Crippen molar-refractivity contribution in [2.75, 3.05) is 13.2 Å². The quantitative estimate of drug-likeness (QED) is 0.415. The molecule has 1 saturated carbocycles. The van der Waals surface area contributed by atoms with Crippen LogP contribution in [-0.4, -0.2) is 45.1 Å². The number of ether oxygens (including phenoxy) is 1. The first kappa shape index (κ1) is 25.1. The summed E-state index contributed by atoms with van der Waals surface area (Å²) in [5.41, 5.74) is -0.858. The largest absolute Gasteiger partial charge is 0.348 e. The zero-order chi connectivity index (χ0) is 23.6. The van der Waals surface area contributed by atoms with Crippen LogP contribution in [0.1, 0.15) is 65.7 Å². The molecule has 0 radical (unpaired) electrons. The Morgan fingerprint density at radius 1 is 1.34 bits per heavy atom. The number of aromatic amines is 1. The van der Waals surface area contributed by atoms with Crippen LogP contribution < -0.4 is 11.2 Å². The van der Waals surface area contributed by atoms with E-state index in [1.165, 1.54) is 4.57 Å². The smallest absolute Gasteiger partial charge is 0.330 e. The molecular weight excluding hydrogens is 431 g/mol. The van der Waals surface area contributed by atoms with Crippen LogP contribution in [0.4, 0.5) is 0 Å². The summed E-state index contributed by atoms with van der Waals surface area (Å²) in [6.07, 6.45) is 3.18. The van der Waals surface area contributed by atoms with E-state index in [9.17, 15) is 9.59 Å². The van der Waals surface area contributed by atoms with Gasteiger partial charge in [0.2, 0.25) is 0 Å². The van der Waals surface area contributed by atoms with Crippen molar-refractivity contribution in [2.24, 2.45) is 11.8 Å². The van der Waals surface area contributed by atoms with Gasteiger partial charge in [0.15, 0.2) is 0 Å². The molecule has 2 aliphatic rings. The van der Waals surface area contributed by atoms with Crippen molar-refractivity contribution in [3.63, 3.8) is 0 Å². The Hall–Kier alpha value is -1.56. The predicted molar refractivity (Wildman–Crippen MR) is 122 cm³/mol. The van der Waals surface area contributed by atoms with Crippen LogP contribution in [0.15, 0.2) is 15.8 Å². The fraction of sp³-hybridized carbons (Fsp3) is 0.773. The fourth-order valence-corrected chi connectivity index (χ4v) is 6.56. The van der Waals surface area contributed by atoms with Crippen LogP contribution in [0.25, 0.3) is 0 Å². The molecule has 1 saturated heterocycles. The SMILES string of the molecule is Cc1cn([C@@H]2O[C@]3(COP(OCCC#N)N(C(C)C)C(C)C)C[C@H]2C[C@@H]3C)c(=O)[nH]c1=O. The number of hydrogen-bond acceptors (Lipinski definition) is 7. The second-order valence-electron chi connectivity index (χ2n) is 9.47. The standard InChI is InChI=1S/C22H35N4O5P/c1-14(2)26(15(3)4)32(29-9-7-8-23)30-13-22-11-18(10-17(22)6)20(31-22)25-12-16(5)19(27)24-21(25)28/h12,14-15,17-18,20H,7,9-11,13H2,1-6H3,(H,24,27,28)/t17-,18+,20+,22-,32?/m0/s1. The highest BCUT2D eigenvalue weighted by molar-refractivity contribution is 7.44. The maximum Gasteiger partial charge on any atom is 0.330 e. The lowest BCUT2D eigenvalue weighted by Crippen LogP contribution is -2.44. The maximum absolute atomic E-state index is 12.4. The number of hydrogen-bond donors (Lipinski definition) is 1. The molecule has 2 bridgehead atoms. The molecule has 1 unspecified atom stereocenters. The number of H-pyrrole nitrogens is 1. The summed E-state index contributed by atoms with van der Waals surface area (Å²) in [4.78, 5) is 26.6. The minimum atomic E-state index is -1.37. The summed E-state index contributed by atoms with van der Waals surface area (Å²) in [5.74, 6) is 0.444. The van der Waals surface area contributed by atoms with E-state index in [-0.39, 0.29) is 29.5 Å². The summed E-state index contributed by atoms with van der Waals surface area (Å²) < 4.78 is 22.6. The summed E-state index contributed by atoms with van der Waals surface area (Å²) in [6.45, 7) is 12.9. The Morgan fingerprint density at radius 3 is 2.66 bits per heavy atom. The fourth-order valence-electron chi connectivity index (χ4n) is 4.89. The first-order valence-electron chi connectivity index (χ1n) is 11.3. The first-order chi connectivity index (χ1) is 15.1. The molecule has 1 aromatic heterocycles. The second-order valence-corrected chi connectivity index (χ2v) is 10.9. The van der Waals surface area contributed by atoms with Crippen LogP contribution in [-0.2, 0) is 13.8 Å². The highest BCUT2D eigenvalue weighted by atomic mass is 31.2. The molecule has 9 nitrogen and oxygen atoms in total. The molecule has 3 rings (SSSR count). The summed E-state index contributed by atoms with van der Waals surface area (Å²) in [7, 11) is -1.37. The number of nitriles is 1. The highest BCUT2D eigenvalue weighted by Gasteiger charge is 2.57. The van der Waals surface area contributed by atoms with Crippen molar-refractivity contribution in [1.29, 1.82) is 5.26 Å². The van der Waals surface area contributed by atoms with E-state index in [4.69, 9.17) is 19.0 Å². The second kappa shape index (κ2) is 10.1. The molecule has 2 heterocycles. The van der Waals surface area contributed by atoms with Gasteiger partial charge in [-0.3, -0.25) is 14.3 Å². The van der Waals surface area contributed by atoms with Gasteiger partial charge in [-0.15, -0.1) is 0 Å². The molecular formula is C22H35N4O5P. The Morgan fingerprint density at radius 2 is 2.03 bits per heavy atom. The van der Waals surface area contributed by atoms with Crippen molar-refractivity contribution in [1.82, 2.24) is 14.2 Å². The van der Waals surface area contributed by atoms with E-state index in [1.54, 1.807) is 13.1 Å². The van der Waals surface area contributed by atoms with Crippen molar-refractivity contribution in [3.05, 3.63) is 32.6 Å². The van der Waals surface area contributed by atoms with Gasteiger partial charge in [-0.1, -0.05) is 6.92 Å². The van der Waals surface area contributed by atoms with Gasteiger partial charge in [-0.2, -0.15) is 5.26 Å². The molecule has 0 aromatic carbocycles. The van der Waals surface area contributed by atoms with Gasteiger partial charge in [-0.05, 0) is 53.4 Å². The molecule has 1 N–H and O–H groups in total. The average molecular weight is 467 g/mol. The topological polar surface area (TPSA) is 110 Å². The zero-order valence-electron chi connectivity index (χ0n) is 19.8. The molecule has 10 heteroatoms. The van der Waals surface area contributed by atoms with E-state index in [0.29, 0.717) is 25.2 Å². The minimum Gasteiger partial charge on any atom is -0.348 e. The van der Waals surface area contributed by atoms with E-state index in [0.717, 1.165) is 12.8 Å². The number of aromatic nitrogens is 2. The third-order valence-electron chi connectivity index (χ3n) is 6.42. The van der Waals surface area contributed by atoms with Crippen molar-refractivity contribution in [3.8, 4) is 6.07 Å². The van der Waals surface area contributed by atoms with Gasteiger partial charge >= 0.3 is 5.69 Å².